The lowest BCUT2D eigenvalue weighted by atomic mass is 10.0. The van der Waals surface area contributed by atoms with Crippen LogP contribution in [0.3, 0.4) is 0 Å². The SMILES string of the molecule is Nc1ccc(Br)c2c1CN(C1CCC(=O)NC1=O)C2=O. The van der Waals surface area contributed by atoms with Crippen LogP contribution in [0, 0.1) is 0 Å². The van der Waals surface area contributed by atoms with Gasteiger partial charge in [-0.1, -0.05) is 0 Å². The number of nitrogens with one attached hydrogen (secondary N) is 1. The summed E-state index contributed by atoms with van der Waals surface area (Å²) >= 11 is 3.34. The van der Waals surface area contributed by atoms with Crippen molar-refractivity contribution in [1.82, 2.24) is 10.2 Å². The number of benzene rings is 1. The average molecular weight is 338 g/mol. The number of amides is 3. The highest BCUT2D eigenvalue weighted by Crippen LogP contribution is 2.35. The van der Waals surface area contributed by atoms with Crippen LogP contribution in [-0.2, 0) is 16.1 Å². The molecule has 6 nitrogen and oxygen atoms in total. The molecule has 0 spiro atoms. The molecule has 0 aromatic heterocycles. The molecule has 0 aliphatic carbocycles. The maximum Gasteiger partial charge on any atom is 0.256 e. The van der Waals surface area contributed by atoms with Crippen LogP contribution >= 0.6 is 15.9 Å². The molecule has 1 aromatic carbocycles. The van der Waals surface area contributed by atoms with Crippen molar-refractivity contribution in [2.45, 2.75) is 25.4 Å². The zero-order chi connectivity index (χ0) is 14.4. The van der Waals surface area contributed by atoms with Gasteiger partial charge in [-0.15, -0.1) is 0 Å². The zero-order valence-electron chi connectivity index (χ0n) is 10.5. The number of halogens is 1. The number of piperidine rings is 1. The first-order chi connectivity index (χ1) is 9.49. The molecular weight excluding hydrogens is 326 g/mol. The number of carbonyl (C=O) groups is 3. The third-order valence-corrected chi connectivity index (χ3v) is 4.35. The number of hydrogen-bond donors (Lipinski definition) is 2. The smallest absolute Gasteiger partial charge is 0.256 e. The van der Waals surface area contributed by atoms with E-state index in [1.165, 1.54) is 4.90 Å². The van der Waals surface area contributed by atoms with E-state index in [2.05, 4.69) is 21.2 Å². The van der Waals surface area contributed by atoms with Crippen LogP contribution < -0.4 is 11.1 Å². The van der Waals surface area contributed by atoms with Crippen molar-refractivity contribution in [2.75, 3.05) is 5.73 Å². The molecule has 0 saturated carbocycles. The average Bonchev–Trinajstić information content (AvgIpc) is 2.73. The van der Waals surface area contributed by atoms with Gasteiger partial charge in [0.1, 0.15) is 6.04 Å². The van der Waals surface area contributed by atoms with E-state index in [0.29, 0.717) is 28.7 Å². The molecule has 1 saturated heterocycles. The Morgan fingerprint density at radius 3 is 2.70 bits per heavy atom. The lowest BCUT2D eigenvalue weighted by Crippen LogP contribution is -2.52. The highest BCUT2D eigenvalue weighted by molar-refractivity contribution is 9.10. The molecule has 2 aliphatic heterocycles. The predicted molar refractivity (Wildman–Crippen MR) is 74.6 cm³/mol. The number of nitrogens with two attached hydrogens (primary N) is 1. The van der Waals surface area contributed by atoms with Gasteiger partial charge in [-0.05, 0) is 34.5 Å². The monoisotopic (exact) mass is 337 g/mol. The molecule has 104 valence electrons. The van der Waals surface area contributed by atoms with E-state index in [0.717, 1.165) is 5.56 Å². The van der Waals surface area contributed by atoms with E-state index in [-0.39, 0.29) is 18.2 Å². The maximum atomic E-state index is 12.5. The molecule has 20 heavy (non-hydrogen) atoms. The number of anilines is 1. The zero-order valence-corrected chi connectivity index (χ0v) is 12.1. The molecule has 3 rings (SSSR count). The molecule has 2 aliphatic rings. The van der Waals surface area contributed by atoms with Crippen molar-refractivity contribution < 1.29 is 14.4 Å². The first-order valence-electron chi connectivity index (χ1n) is 6.20. The summed E-state index contributed by atoms with van der Waals surface area (Å²) in [5, 5.41) is 2.27. The fourth-order valence-corrected chi connectivity index (χ4v) is 3.19. The Labute approximate surface area is 123 Å². The minimum atomic E-state index is -0.612. The fraction of sp³-hybridized carbons (Fsp3) is 0.308. The number of nitrogen functional groups attached to an aromatic ring is 1. The van der Waals surface area contributed by atoms with Crippen LogP contribution in [0.1, 0.15) is 28.8 Å². The first-order valence-corrected chi connectivity index (χ1v) is 7.00. The molecule has 1 unspecified atom stereocenters. The minimum absolute atomic E-state index is 0.228. The summed E-state index contributed by atoms with van der Waals surface area (Å²) in [5.41, 5.74) is 7.67. The molecule has 3 amide bonds. The van der Waals surface area contributed by atoms with E-state index >= 15 is 0 Å². The summed E-state index contributed by atoms with van der Waals surface area (Å²) in [6.45, 7) is 0.297. The molecule has 3 N–H and O–H groups in total. The molecule has 0 radical (unpaired) electrons. The van der Waals surface area contributed by atoms with Crippen molar-refractivity contribution in [3.8, 4) is 0 Å². The summed E-state index contributed by atoms with van der Waals surface area (Å²) < 4.78 is 0.668. The van der Waals surface area contributed by atoms with Crippen LogP contribution in [0.15, 0.2) is 16.6 Å². The van der Waals surface area contributed by atoms with Gasteiger partial charge in [0, 0.05) is 28.7 Å². The third kappa shape index (κ3) is 1.89. The predicted octanol–water partition coefficient (Wildman–Crippen LogP) is 0.792. The Bertz CT molecular complexity index is 644. The van der Waals surface area contributed by atoms with Crippen molar-refractivity contribution in [3.63, 3.8) is 0 Å². The second kappa shape index (κ2) is 4.59. The summed E-state index contributed by atoms with van der Waals surface area (Å²) in [6.07, 6.45) is 0.592. The van der Waals surface area contributed by atoms with Crippen molar-refractivity contribution in [2.24, 2.45) is 0 Å². The largest absolute Gasteiger partial charge is 0.398 e. The van der Waals surface area contributed by atoms with E-state index in [9.17, 15) is 14.4 Å². The Morgan fingerprint density at radius 1 is 1.30 bits per heavy atom. The molecule has 0 bridgehead atoms. The Kier molecular flexibility index (Phi) is 3.01. The lowest BCUT2D eigenvalue weighted by molar-refractivity contribution is -0.136. The Morgan fingerprint density at radius 2 is 2.05 bits per heavy atom. The number of imide groups is 1. The number of hydrogen-bond acceptors (Lipinski definition) is 4. The highest BCUT2D eigenvalue weighted by atomic mass is 79.9. The number of rotatable bonds is 1. The van der Waals surface area contributed by atoms with E-state index in [4.69, 9.17) is 5.73 Å². The summed E-state index contributed by atoms with van der Waals surface area (Å²) in [5.74, 6) is -0.943. The minimum Gasteiger partial charge on any atom is -0.398 e. The third-order valence-electron chi connectivity index (χ3n) is 3.69. The van der Waals surface area contributed by atoms with Crippen LogP contribution in [0.4, 0.5) is 5.69 Å². The Hall–Kier alpha value is -1.89. The van der Waals surface area contributed by atoms with Crippen LogP contribution in [-0.4, -0.2) is 28.7 Å². The number of nitrogens with zero attached hydrogens (tertiary/aromatic N) is 1. The molecule has 1 atom stereocenters. The lowest BCUT2D eigenvalue weighted by Gasteiger charge is -2.29. The highest BCUT2D eigenvalue weighted by Gasteiger charge is 2.40. The molecule has 7 heteroatoms. The van der Waals surface area contributed by atoms with Gasteiger partial charge in [0.15, 0.2) is 0 Å². The van der Waals surface area contributed by atoms with Crippen LogP contribution in [0.2, 0.25) is 0 Å². The van der Waals surface area contributed by atoms with E-state index < -0.39 is 11.9 Å². The normalized spacial score (nSPS) is 21.9. The summed E-state index contributed by atoms with van der Waals surface area (Å²) in [4.78, 5) is 37.0. The summed E-state index contributed by atoms with van der Waals surface area (Å²) in [7, 11) is 0. The second-order valence-electron chi connectivity index (χ2n) is 4.89. The van der Waals surface area contributed by atoms with E-state index in [1.807, 2.05) is 0 Å². The van der Waals surface area contributed by atoms with Crippen molar-refractivity contribution in [1.29, 1.82) is 0 Å². The Balaban J connectivity index is 1.94. The molecule has 2 heterocycles. The van der Waals surface area contributed by atoms with Gasteiger partial charge in [0.2, 0.25) is 11.8 Å². The van der Waals surface area contributed by atoms with Crippen LogP contribution in [0.25, 0.3) is 0 Å². The van der Waals surface area contributed by atoms with Gasteiger partial charge in [-0.25, -0.2) is 0 Å². The van der Waals surface area contributed by atoms with Gasteiger partial charge in [-0.3, -0.25) is 19.7 Å². The molecular formula is C13H12BrN3O3. The number of carbonyl (C=O) groups excluding carboxylic acids is 3. The standard InChI is InChI=1S/C13H12BrN3O3/c14-7-1-2-8(15)6-5-17(13(20)11(6)7)9-3-4-10(18)16-12(9)19/h1-2,9H,3-5,15H2,(H,16,18,19). The first kappa shape index (κ1) is 13.1. The second-order valence-corrected chi connectivity index (χ2v) is 5.74. The van der Waals surface area contributed by atoms with Crippen molar-refractivity contribution >= 4 is 39.3 Å². The molecule has 1 fully saturated rings. The molecule has 1 aromatic rings. The van der Waals surface area contributed by atoms with Gasteiger partial charge in [-0.2, -0.15) is 0 Å². The summed E-state index contributed by atoms with van der Waals surface area (Å²) in [6, 6.07) is 2.84. The maximum absolute atomic E-state index is 12.5. The van der Waals surface area contributed by atoms with Crippen molar-refractivity contribution in [3.05, 3.63) is 27.7 Å². The topological polar surface area (TPSA) is 92.5 Å². The quantitative estimate of drug-likeness (QED) is 0.585. The van der Waals surface area contributed by atoms with Gasteiger partial charge < -0.3 is 10.6 Å². The van der Waals surface area contributed by atoms with E-state index in [1.54, 1.807) is 12.1 Å². The number of fused-ring (bicyclic) bond motifs is 1. The van der Waals surface area contributed by atoms with Gasteiger partial charge in [0.25, 0.3) is 5.91 Å². The van der Waals surface area contributed by atoms with Crippen LogP contribution in [0.5, 0.6) is 0 Å². The van der Waals surface area contributed by atoms with Gasteiger partial charge >= 0.3 is 0 Å². The van der Waals surface area contributed by atoms with Gasteiger partial charge in [0.05, 0.1) is 5.56 Å². The fourth-order valence-electron chi connectivity index (χ4n) is 2.65.